The lowest BCUT2D eigenvalue weighted by molar-refractivity contribution is 0.266. The van der Waals surface area contributed by atoms with Crippen LogP contribution in [0.25, 0.3) is 10.9 Å². The van der Waals surface area contributed by atoms with Crippen LogP contribution in [0.15, 0.2) is 47.3 Å². The van der Waals surface area contributed by atoms with Gasteiger partial charge in [-0.2, -0.15) is 0 Å². The lowest BCUT2D eigenvalue weighted by Gasteiger charge is -2.29. The van der Waals surface area contributed by atoms with Gasteiger partial charge in [-0.05, 0) is 98.1 Å². The van der Waals surface area contributed by atoms with E-state index in [9.17, 15) is 4.79 Å². The summed E-state index contributed by atoms with van der Waals surface area (Å²) in [6.07, 6.45) is 0. The molecule has 0 aliphatic rings. The lowest BCUT2D eigenvalue weighted by Crippen LogP contribution is -2.41. The van der Waals surface area contributed by atoms with E-state index in [-0.39, 0.29) is 5.56 Å². The van der Waals surface area contributed by atoms with E-state index in [0.29, 0.717) is 23.8 Å². The number of thiocarbonyl (C=S) groups is 1. The Morgan fingerprint density at radius 3 is 2.33 bits per heavy atom. The van der Waals surface area contributed by atoms with Crippen LogP contribution in [0.1, 0.15) is 30.5 Å². The number of rotatable bonds is 9. The number of H-pyrrole nitrogens is 1. The topological polar surface area (TPSA) is 60.6 Å². The molecule has 0 aliphatic carbocycles. The van der Waals surface area contributed by atoms with E-state index in [1.165, 1.54) is 5.56 Å². The quantitative estimate of drug-likeness (QED) is 0.446. The average Bonchev–Trinajstić information content (AvgIpc) is 2.81. The van der Waals surface area contributed by atoms with Gasteiger partial charge in [-0.1, -0.05) is 13.8 Å². The molecule has 0 amide bonds. The number of ether oxygens (including phenoxy) is 1. The Hall–Kier alpha value is -2.90. The largest absolute Gasteiger partial charge is 0.497 e. The fourth-order valence-electron chi connectivity index (χ4n) is 3.78. The summed E-state index contributed by atoms with van der Waals surface area (Å²) < 4.78 is 5.24. The molecule has 2 aromatic carbocycles. The molecule has 176 valence electrons. The Morgan fingerprint density at radius 1 is 1.03 bits per heavy atom. The third-order valence-corrected chi connectivity index (χ3v) is 6.47. The number of anilines is 1. The van der Waals surface area contributed by atoms with Crippen molar-refractivity contribution in [1.29, 1.82) is 0 Å². The van der Waals surface area contributed by atoms with Gasteiger partial charge in [0.1, 0.15) is 5.75 Å². The highest BCUT2D eigenvalue weighted by Crippen LogP contribution is 2.19. The van der Waals surface area contributed by atoms with Gasteiger partial charge in [0.05, 0.1) is 13.7 Å². The molecule has 0 bridgehead atoms. The summed E-state index contributed by atoms with van der Waals surface area (Å²) >= 11 is 5.77. The average molecular weight is 467 g/mol. The molecule has 33 heavy (non-hydrogen) atoms. The fourth-order valence-corrected chi connectivity index (χ4v) is 4.05. The van der Waals surface area contributed by atoms with E-state index >= 15 is 0 Å². The van der Waals surface area contributed by atoms with Crippen LogP contribution < -0.4 is 15.6 Å². The van der Waals surface area contributed by atoms with Crippen LogP contribution in [-0.2, 0) is 6.54 Å². The molecule has 6 nitrogen and oxygen atoms in total. The van der Waals surface area contributed by atoms with Crippen molar-refractivity contribution in [2.45, 2.75) is 34.2 Å². The van der Waals surface area contributed by atoms with Gasteiger partial charge in [0, 0.05) is 29.9 Å². The molecule has 1 aromatic heterocycles. The molecule has 0 unspecified atom stereocenters. The molecular formula is C26H34N4O2S. The van der Waals surface area contributed by atoms with E-state index in [1.54, 1.807) is 7.11 Å². The lowest BCUT2D eigenvalue weighted by atomic mass is 10.0. The van der Waals surface area contributed by atoms with Gasteiger partial charge in [-0.3, -0.25) is 4.79 Å². The highest BCUT2D eigenvalue weighted by atomic mass is 32.1. The van der Waals surface area contributed by atoms with E-state index in [0.717, 1.165) is 47.5 Å². The molecule has 7 heteroatoms. The minimum Gasteiger partial charge on any atom is -0.497 e. The van der Waals surface area contributed by atoms with Crippen molar-refractivity contribution >= 4 is 33.9 Å². The Kier molecular flexibility index (Phi) is 8.47. The zero-order valence-electron chi connectivity index (χ0n) is 20.2. The fraction of sp³-hybridized carbons (Fsp3) is 0.385. The molecule has 3 aromatic rings. The van der Waals surface area contributed by atoms with Crippen LogP contribution in [-0.4, -0.2) is 53.2 Å². The molecule has 0 aliphatic heterocycles. The molecule has 0 fully saturated rings. The van der Waals surface area contributed by atoms with Crippen molar-refractivity contribution < 1.29 is 4.74 Å². The molecule has 0 saturated carbocycles. The van der Waals surface area contributed by atoms with Gasteiger partial charge >= 0.3 is 0 Å². The summed E-state index contributed by atoms with van der Waals surface area (Å²) in [5.41, 5.74) is 4.73. The van der Waals surface area contributed by atoms with Gasteiger partial charge in [0.2, 0.25) is 0 Å². The van der Waals surface area contributed by atoms with Crippen LogP contribution >= 0.6 is 12.2 Å². The van der Waals surface area contributed by atoms with Crippen LogP contribution in [0.3, 0.4) is 0 Å². The van der Waals surface area contributed by atoms with Crippen LogP contribution in [0, 0.1) is 13.8 Å². The second-order valence-electron chi connectivity index (χ2n) is 8.25. The number of fused-ring (bicyclic) bond motifs is 1. The zero-order valence-corrected chi connectivity index (χ0v) is 21.0. The number of methoxy groups -OCH3 is 1. The first-order valence-electron chi connectivity index (χ1n) is 11.4. The van der Waals surface area contributed by atoms with Crippen molar-refractivity contribution in [2.75, 3.05) is 38.6 Å². The Bertz CT molecular complexity index is 1150. The van der Waals surface area contributed by atoms with Crippen molar-refractivity contribution in [1.82, 2.24) is 14.8 Å². The van der Waals surface area contributed by atoms with Crippen LogP contribution in [0.5, 0.6) is 5.75 Å². The van der Waals surface area contributed by atoms with Gasteiger partial charge < -0.3 is 24.8 Å². The summed E-state index contributed by atoms with van der Waals surface area (Å²) in [6.45, 7) is 12.4. The Morgan fingerprint density at radius 2 is 1.70 bits per heavy atom. The number of aromatic amines is 1. The highest BCUT2D eigenvalue weighted by molar-refractivity contribution is 7.80. The smallest absolute Gasteiger partial charge is 0.253 e. The number of likely N-dealkylation sites (N-methyl/N-ethyl adjacent to an activating group) is 1. The molecule has 3 rings (SSSR count). The number of aromatic nitrogens is 1. The number of nitrogens with one attached hydrogen (secondary N) is 2. The predicted octanol–water partition coefficient (Wildman–Crippen LogP) is 4.69. The maximum Gasteiger partial charge on any atom is 0.253 e. The SMILES string of the molecule is CCN(CC)CCN(Cc1cc2cc(C)c(C)cc2[nH]c1=O)C(=S)Nc1ccc(OC)cc1. The normalized spacial score (nSPS) is 11.1. The second-order valence-corrected chi connectivity index (χ2v) is 8.64. The van der Waals surface area contributed by atoms with E-state index in [4.69, 9.17) is 17.0 Å². The summed E-state index contributed by atoms with van der Waals surface area (Å²) in [4.78, 5) is 20.4. The summed E-state index contributed by atoms with van der Waals surface area (Å²) in [6, 6.07) is 13.8. The van der Waals surface area contributed by atoms with Gasteiger partial charge in [0.15, 0.2) is 5.11 Å². The summed E-state index contributed by atoms with van der Waals surface area (Å²) in [7, 11) is 1.64. The third-order valence-electron chi connectivity index (χ3n) is 6.11. The molecule has 0 spiro atoms. The highest BCUT2D eigenvalue weighted by Gasteiger charge is 2.15. The van der Waals surface area contributed by atoms with Gasteiger partial charge in [0.25, 0.3) is 5.56 Å². The molecule has 0 saturated heterocycles. The van der Waals surface area contributed by atoms with Crippen molar-refractivity contribution in [3.8, 4) is 5.75 Å². The molecular weight excluding hydrogens is 432 g/mol. The standard InChI is InChI=1S/C26H34N4O2S/c1-6-29(7-2)12-13-30(26(33)27-22-8-10-23(32-5)11-9-22)17-21-16-20-14-18(3)19(4)15-24(20)28-25(21)31/h8-11,14-16H,6-7,12-13,17H2,1-5H3,(H,27,33)(H,28,31). The van der Waals surface area contributed by atoms with Crippen molar-refractivity contribution in [3.63, 3.8) is 0 Å². The predicted molar refractivity (Wildman–Crippen MR) is 141 cm³/mol. The first kappa shape index (κ1) is 24.7. The van der Waals surface area contributed by atoms with E-state index < -0.39 is 0 Å². The molecule has 2 N–H and O–H groups in total. The summed E-state index contributed by atoms with van der Waals surface area (Å²) in [5, 5.41) is 4.94. The monoisotopic (exact) mass is 466 g/mol. The summed E-state index contributed by atoms with van der Waals surface area (Å²) in [5.74, 6) is 0.790. The second kappa shape index (κ2) is 11.3. The number of aryl methyl sites for hydroxylation is 2. The van der Waals surface area contributed by atoms with E-state index in [2.05, 4.69) is 53.9 Å². The number of hydrogen-bond donors (Lipinski definition) is 2. The third kappa shape index (κ3) is 6.33. The number of benzene rings is 2. The van der Waals surface area contributed by atoms with Gasteiger partial charge in [-0.15, -0.1) is 0 Å². The molecule has 1 heterocycles. The van der Waals surface area contributed by atoms with Crippen molar-refractivity contribution in [2.24, 2.45) is 0 Å². The molecule has 0 atom stereocenters. The van der Waals surface area contributed by atoms with E-state index in [1.807, 2.05) is 36.4 Å². The number of nitrogens with zero attached hydrogens (tertiary/aromatic N) is 2. The minimum absolute atomic E-state index is 0.0779. The van der Waals surface area contributed by atoms with Crippen LogP contribution in [0.2, 0.25) is 0 Å². The number of pyridine rings is 1. The molecule has 0 radical (unpaired) electrons. The minimum atomic E-state index is -0.0779. The first-order valence-corrected chi connectivity index (χ1v) is 11.8. The Labute approximate surface area is 201 Å². The van der Waals surface area contributed by atoms with Gasteiger partial charge in [-0.25, -0.2) is 0 Å². The first-order chi connectivity index (χ1) is 15.8. The van der Waals surface area contributed by atoms with Crippen molar-refractivity contribution in [3.05, 3.63) is 69.5 Å². The Balaban J connectivity index is 1.86. The maximum absolute atomic E-state index is 12.9. The van der Waals surface area contributed by atoms with Crippen LogP contribution in [0.4, 0.5) is 5.69 Å². The maximum atomic E-state index is 12.9. The zero-order chi connectivity index (χ0) is 24.0. The number of hydrogen-bond acceptors (Lipinski definition) is 4.